The van der Waals surface area contributed by atoms with Gasteiger partial charge in [0.25, 0.3) is 0 Å². The van der Waals surface area contributed by atoms with Crippen LogP contribution in [0.4, 0.5) is 5.69 Å². The van der Waals surface area contributed by atoms with E-state index in [1.807, 2.05) is 97.2 Å². The highest BCUT2D eigenvalue weighted by atomic mass is 35.5. The van der Waals surface area contributed by atoms with Crippen LogP contribution in [-0.4, -0.2) is 22.4 Å². The maximum absolute atomic E-state index is 12.7. The standard InChI is InChI=1S/C29H24ClN3O2/c1-35-23-14-11-20(12-15-23)29-26(16-18-28(34)31-22-7-3-2-4-8-22)33-19-21(13-17-27(33)32-29)24-9-5-6-10-25(24)30/h2-15,17,19H,16,18H2,1H3,(H,31,34). The van der Waals surface area contributed by atoms with Crippen LogP contribution in [-0.2, 0) is 11.2 Å². The highest BCUT2D eigenvalue weighted by molar-refractivity contribution is 6.33. The van der Waals surface area contributed by atoms with Crippen LogP contribution in [0.2, 0.25) is 5.02 Å². The zero-order valence-corrected chi connectivity index (χ0v) is 20.0. The molecule has 6 heteroatoms. The van der Waals surface area contributed by atoms with Crippen LogP contribution >= 0.6 is 11.6 Å². The summed E-state index contributed by atoms with van der Waals surface area (Å²) in [5, 5.41) is 3.66. The summed E-state index contributed by atoms with van der Waals surface area (Å²) in [7, 11) is 1.65. The number of rotatable bonds is 7. The van der Waals surface area contributed by atoms with Gasteiger partial charge in [0.15, 0.2) is 0 Å². The quantitative estimate of drug-likeness (QED) is 0.275. The Morgan fingerprint density at radius 3 is 2.37 bits per heavy atom. The molecule has 0 atom stereocenters. The Kier molecular flexibility index (Phi) is 6.51. The van der Waals surface area contributed by atoms with Crippen molar-refractivity contribution < 1.29 is 9.53 Å². The second kappa shape index (κ2) is 10.0. The van der Waals surface area contributed by atoms with E-state index in [9.17, 15) is 4.79 Å². The second-order valence-electron chi connectivity index (χ2n) is 8.18. The van der Waals surface area contributed by atoms with Gasteiger partial charge < -0.3 is 14.5 Å². The molecule has 35 heavy (non-hydrogen) atoms. The number of hydrogen-bond donors (Lipinski definition) is 1. The molecule has 5 nitrogen and oxygen atoms in total. The van der Waals surface area contributed by atoms with Crippen molar-refractivity contribution in [2.75, 3.05) is 12.4 Å². The molecule has 2 aromatic heterocycles. The Hall–Kier alpha value is -4.09. The molecule has 0 fully saturated rings. The zero-order chi connectivity index (χ0) is 24.2. The van der Waals surface area contributed by atoms with E-state index < -0.39 is 0 Å². The average Bonchev–Trinajstić information content (AvgIpc) is 3.26. The monoisotopic (exact) mass is 481 g/mol. The minimum absolute atomic E-state index is 0.0471. The molecule has 0 spiro atoms. The van der Waals surface area contributed by atoms with Gasteiger partial charge >= 0.3 is 0 Å². The molecule has 0 unspecified atom stereocenters. The Morgan fingerprint density at radius 2 is 1.63 bits per heavy atom. The molecular formula is C29H24ClN3O2. The van der Waals surface area contributed by atoms with Gasteiger partial charge in [-0.3, -0.25) is 4.79 Å². The first-order chi connectivity index (χ1) is 17.1. The number of halogens is 1. The van der Waals surface area contributed by atoms with Crippen LogP contribution in [0.15, 0.2) is 97.2 Å². The Balaban J connectivity index is 1.53. The number of imidazole rings is 1. The molecule has 1 N–H and O–H groups in total. The van der Waals surface area contributed by atoms with Gasteiger partial charge in [0.05, 0.1) is 18.5 Å². The number of amides is 1. The van der Waals surface area contributed by atoms with Crippen molar-refractivity contribution in [1.82, 2.24) is 9.38 Å². The van der Waals surface area contributed by atoms with Crippen molar-refractivity contribution in [2.45, 2.75) is 12.8 Å². The molecular weight excluding hydrogens is 458 g/mol. The number of aromatic nitrogens is 2. The van der Waals surface area contributed by atoms with Crippen molar-refractivity contribution in [3.8, 4) is 28.1 Å². The van der Waals surface area contributed by atoms with Gasteiger partial charge in [-0.2, -0.15) is 0 Å². The van der Waals surface area contributed by atoms with Crippen LogP contribution in [0.3, 0.4) is 0 Å². The summed E-state index contributed by atoms with van der Waals surface area (Å²) in [6, 6.07) is 29.1. The number of carbonyl (C=O) groups excluding carboxylic acids is 1. The fourth-order valence-electron chi connectivity index (χ4n) is 4.14. The summed E-state index contributed by atoms with van der Waals surface area (Å²) >= 11 is 6.47. The number of hydrogen-bond acceptors (Lipinski definition) is 3. The number of ether oxygens (including phenoxy) is 1. The molecule has 0 saturated carbocycles. The van der Waals surface area contributed by atoms with Crippen molar-refractivity contribution in [2.24, 2.45) is 0 Å². The lowest BCUT2D eigenvalue weighted by molar-refractivity contribution is -0.116. The number of methoxy groups -OCH3 is 1. The van der Waals surface area contributed by atoms with Crippen LogP contribution in [0.25, 0.3) is 28.0 Å². The van der Waals surface area contributed by atoms with Crippen molar-refractivity contribution in [3.63, 3.8) is 0 Å². The summed E-state index contributed by atoms with van der Waals surface area (Å²) in [6.07, 6.45) is 2.89. The molecule has 0 aliphatic carbocycles. The predicted molar refractivity (Wildman–Crippen MR) is 141 cm³/mol. The molecule has 5 aromatic rings. The summed E-state index contributed by atoms with van der Waals surface area (Å²) in [6.45, 7) is 0. The van der Waals surface area contributed by atoms with E-state index in [2.05, 4.69) is 9.72 Å². The third-order valence-corrected chi connectivity index (χ3v) is 6.24. The van der Waals surface area contributed by atoms with Gasteiger partial charge in [-0.05, 0) is 66.6 Å². The first kappa shape index (κ1) is 22.7. The first-order valence-electron chi connectivity index (χ1n) is 11.4. The van der Waals surface area contributed by atoms with Gasteiger partial charge in [0, 0.05) is 34.5 Å². The Bertz CT molecular complexity index is 1480. The minimum atomic E-state index is -0.0471. The molecule has 0 aliphatic heterocycles. The SMILES string of the molecule is COc1ccc(-c2nc3ccc(-c4ccccc4Cl)cn3c2CCC(=O)Nc2ccccc2)cc1. The fraction of sp³-hybridized carbons (Fsp3) is 0.103. The van der Waals surface area contributed by atoms with Crippen LogP contribution < -0.4 is 10.1 Å². The predicted octanol–water partition coefficient (Wildman–Crippen LogP) is 6.90. The number of carbonyl (C=O) groups is 1. The molecule has 0 aliphatic rings. The lowest BCUT2D eigenvalue weighted by Crippen LogP contribution is -2.13. The summed E-state index contributed by atoms with van der Waals surface area (Å²) in [5.41, 5.74) is 6.29. The van der Waals surface area contributed by atoms with Gasteiger partial charge in [0.2, 0.25) is 5.91 Å². The normalized spacial score (nSPS) is 10.9. The molecule has 0 saturated heterocycles. The third kappa shape index (κ3) is 4.91. The van der Waals surface area contributed by atoms with E-state index >= 15 is 0 Å². The van der Waals surface area contributed by atoms with Gasteiger partial charge in [-0.15, -0.1) is 0 Å². The van der Waals surface area contributed by atoms with Gasteiger partial charge in [0.1, 0.15) is 11.4 Å². The number of pyridine rings is 1. The third-order valence-electron chi connectivity index (χ3n) is 5.91. The number of nitrogens with zero attached hydrogens (tertiary/aromatic N) is 2. The molecule has 174 valence electrons. The van der Waals surface area contributed by atoms with Crippen molar-refractivity contribution >= 4 is 28.8 Å². The van der Waals surface area contributed by atoms with Crippen molar-refractivity contribution in [3.05, 3.63) is 108 Å². The van der Waals surface area contributed by atoms with Crippen LogP contribution in [0.1, 0.15) is 12.1 Å². The van der Waals surface area contributed by atoms with Crippen LogP contribution in [0, 0.1) is 0 Å². The molecule has 3 aromatic carbocycles. The lowest BCUT2D eigenvalue weighted by atomic mass is 10.1. The number of benzene rings is 3. The van der Waals surface area contributed by atoms with E-state index in [0.717, 1.165) is 45.2 Å². The van der Waals surface area contributed by atoms with Crippen LogP contribution in [0.5, 0.6) is 5.75 Å². The maximum atomic E-state index is 12.7. The summed E-state index contributed by atoms with van der Waals surface area (Å²) in [4.78, 5) is 17.6. The van der Waals surface area contributed by atoms with Gasteiger partial charge in [-0.1, -0.05) is 48.0 Å². The smallest absolute Gasteiger partial charge is 0.224 e. The molecule has 0 radical (unpaired) electrons. The fourth-order valence-corrected chi connectivity index (χ4v) is 4.39. The highest BCUT2D eigenvalue weighted by Crippen LogP contribution is 2.31. The van der Waals surface area contributed by atoms with Crippen molar-refractivity contribution in [1.29, 1.82) is 0 Å². The number of anilines is 1. The highest BCUT2D eigenvalue weighted by Gasteiger charge is 2.17. The van der Waals surface area contributed by atoms with E-state index in [1.165, 1.54) is 0 Å². The molecule has 2 heterocycles. The van der Waals surface area contributed by atoms with E-state index in [4.69, 9.17) is 21.3 Å². The zero-order valence-electron chi connectivity index (χ0n) is 19.2. The second-order valence-corrected chi connectivity index (χ2v) is 8.58. The molecule has 5 rings (SSSR count). The number of para-hydroxylation sites is 1. The Labute approximate surface area is 209 Å². The lowest BCUT2D eigenvalue weighted by Gasteiger charge is -2.09. The summed E-state index contributed by atoms with van der Waals surface area (Å²) < 4.78 is 7.38. The topological polar surface area (TPSA) is 55.6 Å². The van der Waals surface area contributed by atoms with E-state index in [-0.39, 0.29) is 5.91 Å². The largest absolute Gasteiger partial charge is 0.497 e. The maximum Gasteiger partial charge on any atom is 0.224 e. The number of aryl methyl sites for hydroxylation is 1. The first-order valence-corrected chi connectivity index (χ1v) is 11.8. The molecule has 0 bridgehead atoms. The Morgan fingerprint density at radius 1 is 0.914 bits per heavy atom. The molecule has 1 amide bonds. The number of nitrogens with one attached hydrogen (secondary N) is 1. The van der Waals surface area contributed by atoms with E-state index in [1.54, 1.807) is 7.11 Å². The average molecular weight is 482 g/mol. The van der Waals surface area contributed by atoms with E-state index in [0.29, 0.717) is 17.9 Å². The minimum Gasteiger partial charge on any atom is -0.497 e. The number of fused-ring (bicyclic) bond motifs is 1. The van der Waals surface area contributed by atoms with Gasteiger partial charge in [-0.25, -0.2) is 4.98 Å². The summed E-state index contributed by atoms with van der Waals surface area (Å²) in [5.74, 6) is 0.733.